The van der Waals surface area contributed by atoms with E-state index in [0.29, 0.717) is 5.71 Å². The molecule has 0 fully saturated rings. The molecule has 1 aliphatic rings. The molecule has 1 aromatic rings. The van der Waals surface area contributed by atoms with Gasteiger partial charge < -0.3 is 14.2 Å². The molecule has 2 rings (SSSR count). The molecule has 29 heavy (non-hydrogen) atoms. The third kappa shape index (κ3) is 5.06. The number of carbonyl (C=O) groups is 2. The van der Waals surface area contributed by atoms with E-state index in [1.54, 1.807) is 20.8 Å². The highest BCUT2D eigenvalue weighted by Gasteiger charge is 2.44. The molecule has 0 radical (unpaired) electrons. The molecule has 1 aliphatic heterocycles. The molecule has 1 aromatic carbocycles. The summed E-state index contributed by atoms with van der Waals surface area (Å²) in [4.78, 5) is 29.9. The van der Waals surface area contributed by atoms with Crippen molar-refractivity contribution in [3.05, 3.63) is 46.7 Å². The minimum atomic E-state index is -1.27. The van der Waals surface area contributed by atoms with Crippen LogP contribution >= 0.6 is 0 Å². The Morgan fingerprint density at radius 2 is 1.76 bits per heavy atom. The Balaban J connectivity index is 2.62. The molecule has 2 atom stereocenters. The van der Waals surface area contributed by atoms with Crippen LogP contribution < -0.4 is 0 Å². The number of hydrogen-bond donors (Lipinski definition) is 0. The van der Waals surface area contributed by atoms with E-state index >= 15 is 0 Å². The van der Waals surface area contributed by atoms with Gasteiger partial charge in [0.1, 0.15) is 24.2 Å². The van der Waals surface area contributed by atoms with Crippen LogP contribution in [0.25, 0.3) is 0 Å². The number of rotatable bonds is 7. The first-order valence-corrected chi connectivity index (χ1v) is 9.25. The predicted molar refractivity (Wildman–Crippen MR) is 102 cm³/mol. The van der Waals surface area contributed by atoms with E-state index in [1.807, 2.05) is 0 Å². The summed E-state index contributed by atoms with van der Waals surface area (Å²) in [7, 11) is 1.45. The first kappa shape index (κ1) is 22.7. The highest BCUT2D eigenvalue weighted by Crippen LogP contribution is 2.42. The first-order chi connectivity index (χ1) is 13.7. The molecule has 0 spiro atoms. The van der Waals surface area contributed by atoms with Crippen molar-refractivity contribution in [2.75, 3.05) is 20.3 Å². The van der Waals surface area contributed by atoms with Crippen molar-refractivity contribution >= 4 is 17.7 Å². The number of methoxy groups -OCH3 is 1. The molecule has 0 saturated heterocycles. The molecule has 8 heteroatoms. The summed E-state index contributed by atoms with van der Waals surface area (Å²) in [6.07, 6.45) is -0.453. The lowest BCUT2D eigenvalue weighted by Gasteiger charge is -2.32. The van der Waals surface area contributed by atoms with Crippen LogP contribution in [0.4, 0.5) is 8.78 Å². The zero-order valence-corrected chi connectivity index (χ0v) is 17.1. The summed E-state index contributed by atoms with van der Waals surface area (Å²) in [5.74, 6) is -5.72. The number of hydrogen-bond acceptors (Lipinski definition) is 6. The predicted octanol–water partition coefficient (Wildman–Crippen LogP) is 3.55. The van der Waals surface area contributed by atoms with E-state index in [9.17, 15) is 18.4 Å². The first-order valence-electron chi connectivity index (χ1n) is 9.25. The summed E-state index contributed by atoms with van der Waals surface area (Å²) >= 11 is 0. The fourth-order valence-corrected chi connectivity index (χ4v) is 3.33. The molecule has 0 aromatic heterocycles. The number of aliphatic imine (C=N–C) groups is 1. The van der Waals surface area contributed by atoms with Crippen molar-refractivity contribution in [3.63, 3.8) is 0 Å². The van der Waals surface area contributed by atoms with Gasteiger partial charge in [-0.3, -0.25) is 9.79 Å². The number of ether oxygens (including phenoxy) is 3. The summed E-state index contributed by atoms with van der Waals surface area (Å²) in [6.45, 7) is 6.51. The zero-order chi connectivity index (χ0) is 21.7. The largest absolute Gasteiger partial charge is 0.462 e. The number of benzene rings is 1. The van der Waals surface area contributed by atoms with Gasteiger partial charge in [-0.1, -0.05) is 6.07 Å². The molecule has 158 valence electrons. The smallest absolute Gasteiger partial charge is 0.336 e. The van der Waals surface area contributed by atoms with Gasteiger partial charge in [0.05, 0.1) is 18.3 Å². The molecular weight excluding hydrogens is 384 g/mol. The molecule has 0 amide bonds. The second-order valence-electron chi connectivity index (χ2n) is 6.96. The molecular formula is C21H25F2NO5. The standard InChI is InChI=1S/C21H25F2NO5/c1-11(2)29-21(26)17-13(4)24-12(3)16(20(25)28-10-9-27-5)19(17)18-14(22)7-6-8-15(18)23/h6-8,11,17,19H,9-10H2,1-5H3. The molecule has 0 N–H and O–H groups in total. The minimum Gasteiger partial charge on any atom is -0.462 e. The van der Waals surface area contributed by atoms with Gasteiger partial charge in [-0.2, -0.15) is 0 Å². The van der Waals surface area contributed by atoms with Gasteiger partial charge in [0.15, 0.2) is 0 Å². The van der Waals surface area contributed by atoms with Crippen LogP contribution in [0.15, 0.2) is 34.5 Å². The van der Waals surface area contributed by atoms with Crippen LogP contribution in [0.5, 0.6) is 0 Å². The summed E-state index contributed by atoms with van der Waals surface area (Å²) in [6, 6.07) is 3.37. The third-order valence-corrected chi connectivity index (χ3v) is 4.49. The second kappa shape index (κ2) is 9.73. The Labute approximate surface area is 168 Å². The van der Waals surface area contributed by atoms with Gasteiger partial charge in [-0.25, -0.2) is 13.6 Å². The van der Waals surface area contributed by atoms with E-state index in [4.69, 9.17) is 14.2 Å². The Morgan fingerprint density at radius 1 is 1.14 bits per heavy atom. The summed E-state index contributed by atoms with van der Waals surface area (Å²) in [5.41, 5.74) is 0.0484. The van der Waals surface area contributed by atoms with E-state index in [2.05, 4.69) is 4.99 Å². The van der Waals surface area contributed by atoms with Crippen molar-refractivity contribution < 1.29 is 32.6 Å². The number of carbonyl (C=O) groups excluding carboxylic acids is 2. The van der Waals surface area contributed by atoms with Crippen molar-refractivity contribution in [1.29, 1.82) is 0 Å². The van der Waals surface area contributed by atoms with Crippen molar-refractivity contribution in [2.45, 2.75) is 39.7 Å². The van der Waals surface area contributed by atoms with Gasteiger partial charge >= 0.3 is 11.9 Å². The van der Waals surface area contributed by atoms with E-state index in [1.165, 1.54) is 20.1 Å². The fraction of sp³-hybridized carbons (Fsp3) is 0.476. The normalized spacial score (nSPS) is 19.2. The van der Waals surface area contributed by atoms with Crippen LogP contribution in [0.2, 0.25) is 0 Å². The number of halogens is 2. The molecule has 1 heterocycles. The van der Waals surface area contributed by atoms with E-state index in [0.717, 1.165) is 12.1 Å². The monoisotopic (exact) mass is 409 g/mol. The maximum Gasteiger partial charge on any atom is 0.336 e. The van der Waals surface area contributed by atoms with E-state index in [-0.39, 0.29) is 24.5 Å². The Bertz CT molecular complexity index is 827. The van der Waals surface area contributed by atoms with Gasteiger partial charge in [0, 0.05) is 30.0 Å². The summed E-state index contributed by atoms with van der Waals surface area (Å²) in [5, 5.41) is 0. The number of esters is 2. The lowest BCUT2D eigenvalue weighted by Crippen LogP contribution is -2.38. The molecule has 0 aliphatic carbocycles. The van der Waals surface area contributed by atoms with Gasteiger partial charge in [-0.15, -0.1) is 0 Å². The lowest BCUT2D eigenvalue weighted by molar-refractivity contribution is -0.150. The highest BCUT2D eigenvalue weighted by atomic mass is 19.1. The molecule has 0 bridgehead atoms. The number of nitrogens with zero attached hydrogens (tertiary/aromatic N) is 1. The van der Waals surface area contributed by atoms with Crippen molar-refractivity contribution in [3.8, 4) is 0 Å². The van der Waals surface area contributed by atoms with Crippen molar-refractivity contribution in [1.82, 2.24) is 0 Å². The fourth-order valence-electron chi connectivity index (χ4n) is 3.33. The van der Waals surface area contributed by atoms with E-state index < -0.39 is 47.1 Å². The van der Waals surface area contributed by atoms with Crippen molar-refractivity contribution in [2.24, 2.45) is 10.9 Å². The average molecular weight is 409 g/mol. The zero-order valence-electron chi connectivity index (χ0n) is 17.1. The van der Waals surface area contributed by atoms with Crippen LogP contribution in [-0.4, -0.2) is 44.1 Å². The third-order valence-electron chi connectivity index (χ3n) is 4.49. The lowest BCUT2D eigenvalue weighted by atomic mass is 9.75. The second-order valence-corrected chi connectivity index (χ2v) is 6.96. The Kier molecular flexibility index (Phi) is 7.61. The van der Waals surface area contributed by atoms with Crippen LogP contribution in [0.3, 0.4) is 0 Å². The maximum absolute atomic E-state index is 14.7. The van der Waals surface area contributed by atoms with Crippen LogP contribution in [0.1, 0.15) is 39.2 Å². The maximum atomic E-state index is 14.7. The Hall–Kier alpha value is -2.61. The summed E-state index contributed by atoms with van der Waals surface area (Å²) < 4.78 is 44.7. The topological polar surface area (TPSA) is 74.2 Å². The van der Waals surface area contributed by atoms with Gasteiger partial charge in [0.25, 0.3) is 0 Å². The van der Waals surface area contributed by atoms with Gasteiger partial charge in [0.2, 0.25) is 0 Å². The quantitative estimate of drug-likeness (QED) is 0.509. The molecule has 0 saturated carbocycles. The molecule has 2 unspecified atom stereocenters. The van der Waals surface area contributed by atoms with Crippen LogP contribution in [0, 0.1) is 17.6 Å². The van der Waals surface area contributed by atoms with Gasteiger partial charge in [-0.05, 0) is 39.8 Å². The Morgan fingerprint density at radius 3 is 2.31 bits per heavy atom. The average Bonchev–Trinajstić information content (AvgIpc) is 2.60. The minimum absolute atomic E-state index is 0.0532. The molecule has 6 nitrogen and oxygen atoms in total. The SMILES string of the molecule is COCCOC(=O)C1=C(C)N=C(C)C(C(=O)OC(C)C)C1c1c(F)cccc1F. The number of allylic oxidation sites excluding steroid dienone is 1. The van der Waals surface area contributed by atoms with Crippen LogP contribution in [-0.2, 0) is 23.8 Å². The highest BCUT2D eigenvalue weighted by molar-refractivity contribution is 6.07.